The van der Waals surface area contributed by atoms with Crippen molar-refractivity contribution in [1.29, 1.82) is 0 Å². The Kier molecular flexibility index (Phi) is 2.63. The zero-order chi connectivity index (χ0) is 13.2. The summed E-state index contributed by atoms with van der Waals surface area (Å²) in [5.41, 5.74) is 0.134. The highest BCUT2D eigenvalue weighted by Gasteiger charge is 2.64. The van der Waals surface area contributed by atoms with Crippen molar-refractivity contribution in [2.45, 2.75) is 57.1 Å². The molecule has 2 bridgehead atoms. The Balaban J connectivity index is 1.84. The zero-order valence-electron chi connectivity index (χ0n) is 11.8. The van der Waals surface area contributed by atoms with E-state index in [2.05, 4.69) is 11.8 Å². The van der Waals surface area contributed by atoms with Gasteiger partial charge in [0.2, 0.25) is 0 Å². The molecule has 1 N–H and O–H groups in total. The van der Waals surface area contributed by atoms with Crippen molar-refractivity contribution in [2.24, 2.45) is 23.7 Å². The van der Waals surface area contributed by atoms with Gasteiger partial charge in [-0.3, -0.25) is 9.69 Å². The molecule has 2 saturated carbocycles. The lowest BCUT2D eigenvalue weighted by atomic mass is 9.48. The molecule has 1 spiro atoms. The second kappa shape index (κ2) is 4.05. The molecule has 6 atom stereocenters. The first kappa shape index (κ1) is 12.3. The maximum atomic E-state index is 12.6. The number of rotatable bonds is 0. The van der Waals surface area contributed by atoms with Gasteiger partial charge in [-0.05, 0) is 69.4 Å². The third-order valence-electron chi connectivity index (χ3n) is 6.61. The minimum Gasteiger partial charge on any atom is -0.385 e. The van der Waals surface area contributed by atoms with Gasteiger partial charge in [-0.1, -0.05) is 6.92 Å². The smallest absolute Gasteiger partial charge is 0.166 e. The van der Waals surface area contributed by atoms with Crippen LogP contribution >= 0.6 is 0 Å². The number of hydrogen-bond donors (Lipinski definition) is 1. The van der Waals surface area contributed by atoms with E-state index in [1.165, 1.54) is 32.4 Å². The number of carbonyl (C=O) groups is 1. The summed E-state index contributed by atoms with van der Waals surface area (Å²) in [5.74, 6) is 1.79. The molecule has 3 heteroatoms. The van der Waals surface area contributed by atoms with Crippen LogP contribution in [-0.2, 0) is 4.79 Å². The first-order valence-corrected chi connectivity index (χ1v) is 8.11. The van der Waals surface area contributed by atoms with Gasteiger partial charge < -0.3 is 5.11 Å². The zero-order valence-corrected chi connectivity index (χ0v) is 11.8. The van der Waals surface area contributed by atoms with E-state index >= 15 is 0 Å². The third-order valence-corrected chi connectivity index (χ3v) is 6.61. The van der Waals surface area contributed by atoms with Gasteiger partial charge in [0.25, 0.3) is 0 Å². The van der Waals surface area contributed by atoms with Crippen LogP contribution in [0.5, 0.6) is 0 Å². The molecule has 4 rings (SSSR count). The number of hydrogen-bond acceptors (Lipinski definition) is 3. The van der Waals surface area contributed by atoms with Crippen molar-refractivity contribution in [2.75, 3.05) is 13.1 Å². The van der Waals surface area contributed by atoms with Crippen LogP contribution in [0.2, 0.25) is 0 Å². The van der Waals surface area contributed by atoms with Gasteiger partial charge in [-0.2, -0.15) is 0 Å². The van der Waals surface area contributed by atoms with Gasteiger partial charge in [0, 0.05) is 11.5 Å². The maximum absolute atomic E-state index is 12.6. The van der Waals surface area contributed by atoms with Crippen LogP contribution in [0.15, 0.2) is 0 Å². The molecular formula is C16H25NO2. The van der Waals surface area contributed by atoms with Crippen LogP contribution in [0.3, 0.4) is 0 Å². The first-order chi connectivity index (χ1) is 9.14. The van der Waals surface area contributed by atoms with E-state index in [1.54, 1.807) is 0 Å². The topological polar surface area (TPSA) is 40.5 Å². The molecule has 0 aromatic carbocycles. The average Bonchev–Trinajstić information content (AvgIpc) is 2.40. The largest absolute Gasteiger partial charge is 0.385 e. The van der Waals surface area contributed by atoms with E-state index in [0.29, 0.717) is 11.8 Å². The molecule has 19 heavy (non-hydrogen) atoms. The lowest BCUT2D eigenvalue weighted by Gasteiger charge is -2.66. The Morgan fingerprint density at radius 2 is 2.00 bits per heavy atom. The molecule has 2 aliphatic carbocycles. The number of piperidine rings is 2. The van der Waals surface area contributed by atoms with Gasteiger partial charge in [-0.25, -0.2) is 0 Å². The molecule has 4 fully saturated rings. The summed E-state index contributed by atoms with van der Waals surface area (Å²) in [7, 11) is 0. The molecule has 0 radical (unpaired) electrons. The molecule has 0 unspecified atom stereocenters. The highest BCUT2D eigenvalue weighted by Crippen LogP contribution is 2.59. The van der Waals surface area contributed by atoms with E-state index in [-0.39, 0.29) is 23.2 Å². The molecule has 0 aromatic rings. The molecule has 4 aliphatic rings. The summed E-state index contributed by atoms with van der Waals surface area (Å²) in [4.78, 5) is 15.3. The van der Waals surface area contributed by atoms with Gasteiger partial charge in [0.1, 0.15) is 6.10 Å². The van der Waals surface area contributed by atoms with Crippen LogP contribution in [0.25, 0.3) is 0 Å². The van der Waals surface area contributed by atoms with Crippen molar-refractivity contribution in [3.05, 3.63) is 0 Å². The minimum absolute atomic E-state index is 0.126. The van der Waals surface area contributed by atoms with Gasteiger partial charge in [0.05, 0.1) is 0 Å². The van der Waals surface area contributed by atoms with E-state index < -0.39 is 6.10 Å². The highest BCUT2D eigenvalue weighted by atomic mass is 16.3. The normalized spacial score (nSPS) is 53.8. The van der Waals surface area contributed by atoms with E-state index in [0.717, 1.165) is 19.3 Å². The van der Waals surface area contributed by atoms with Crippen molar-refractivity contribution in [3.8, 4) is 0 Å². The Morgan fingerprint density at radius 1 is 1.26 bits per heavy atom. The number of Topliss-reactive ketones (excluding diaryl/α,β-unsaturated/α-hetero) is 1. The minimum atomic E-state index is -0.663. The fourth-order valence-electron chi connectivity index (χ4n) is 6.16. The molecule has 0 aromatic heterocycles. The van der Waals surface area contributed by atoms with E-state index in [9.17, 15) is 9.90 Å². The predicted octanol–water partition coefficient (Wildman–Crippen LogP) is 1.84. The summed E-state index contributed by atoms with van der Waals surface area (Å²) in [6, 6.07) is 0. The third kappa shape index (κ3) is 1.43. The number of nitrogens with zero attached hydrogens (tertiary/aromatic N) is 1. The van der Waals surface area contributed by atoms with Gasteiger partial charge in [0.15, 0.2) is 5.78 Å². The van der Waals surface area contributed by atoms with Crippen LogP contribution in [-0.4, -0.2) is 40.5 Å². The number of aliphatic hydroxyl groups excluding tert-OH is 1. The summed E-state index contributed by atoms with van der Waals surface area (Å²) < 4.78 is 0. The highest BCUT2D eigenvalue weighted by molar-refractivity contribution is 5.88. The Morgan fingerprint density at radius 3 is 2.79 bits per heavy atom. The summed E-state index contributed by atoms with van der Waals surface area (Å²) in [6.45, 7) is 4.67. The quantitative estimate of drug-likeness (QED) is 0.725. The summed E-state index contributed by atoms with van der Waals surface area (Å²) in [5, 5.41) is 10.5. The summed E-state index contributed by atoms with van der Waals surface area (Å²) >= 11 is 0. The average molecular weight is 263 g/mol. The molecule has 106 valence electrons. The van der Waals surface area contributed by atoms with Gasteiger partial charge >= 0.3 is 0 Å². The Hall–Kier alpha value is -0.410. The lowest BCUT2D eigenvalue weighted by molar-refractivity contribution is -0.193. The van der Waals surface area contributed by atoms with Crippen molar-refractivity contribution in [1.82, 2.24) is 4.90 Å². The lowest BCUT2D eigenvalue weighted by Crippen LogP contribution is -2.74. The monoisotopic (exact) mass is 263 g/mol. The Bertz CT molecular complexity index is 408. The SMILES string of the molecule is C[C@@H]1C[C@H]2[C@H]3CCCN4CCC[C@H](C(=O)[C@@H]2O)[C@@]34C1. The second-order valence-electron chi connectivity index (χ2n) is 7.48. The van der Waals surface area contributed by atoms with Crippen molar-refractivity contribution < 1.29 is 9.90 Å². The maximum Gasteiger partial charge on any atom is 0.166 e. The Labute approximate surface area is 115 Å². The molecule has 3 nitrogen and oxygen atoms in total. The summed E-state index contributed by atoms with van der Waals surface area (Å²) in [6.07, 6.45) is 6.22. The first-order valence-electron chi connectivity index (χ1n) is 8.11. The predicted molar refractivity (Wildman–Crippen MR) is 72.7 cm³/mol. The number of carbonyl (C=O) groups excluding carboxylic acids is 1. The van der Waals surface area contributed by atoms with Gasteiger partial charge in [-0.15, -0.1) is 0 Å². The van der Waals surface area contributed by atoms with Crippen molar-refractivity contribution >= 4 is 5.78 Å². The fraction of sp³-hybridized carbons (Fsp3) is 0.938. The molecule has 0 amide bonds. The molecule has 2 aliphatic heterocycles. The number of ketones is 1. The van der Waals surface area contributed by atoms with Crippen LogP contribution < -0.4 is 0 Å². The van der Waals surface area contributed by atoms with E-state index in [4.69, 9.17) is 0 Å². The van der Waals surface area contributed by atoms with Crippen molar-refractivity contribution in [3.63, 3.8) is 0 Å². The number of aliphatic hydroxyl groups is 1. The van der Waals surface area contributed by atoms with Crippen LogP contribution in [0.4, 0.5) is 0 Å². The van der Waals surface area contributed by atoms with Crippen LogP contribution in [0, 0.1) is 23.7 Å². The molecule has 2 heterocycles. The molecule has 2 saturated heterocycles. The standard InChI is InChI=1S/C16H25NO2/c1-10-8-11-12-4-2-6-17-7-3-5-13(15(19)14(11)18)16(12,17)9-10/h10-14,18H,2-9H2,1H3/t10-,11+,12-,13-,14-,16-/m1/s1. The molecular weight excluding hydrogens is 238 g/mol. The van der Waals surface area contributed by atoms with Crippen LogP contribution in [0.1, 0.15) is 45.4 Å². The second-order valence-corrected chi connectivity index (χ2v) is 7.48. The fourth-order valence-corrected chi connectivity index (χ4v) is 6.16. The van der Waals surface area contributed by atoms with E-state index in [1.807, 2.05) is 0 Å².